The van der Waals surface area contributed by atoms with Gasteiger partial charge < -0.3 is 14.5 Å². The molecule has 1 aliphatic carbocycles. The first-order chi connectivity index (χ1) is 16.4. The van der Waals surface area contributed by atoms with Crippen molar-refractivity contribution in [1.29, 1.82) is 0 Å². The summed E-state index contributed by atoms with van der Waals surface area (Å²) in [5, 5.41) is 0. The molecule has 1 aromatic rings. The lowest BCUT2D eigenvalue weighted by molar-refractivity contribution is -0.133. The number of hydrogen-bond acceptors (Lipinski definition) is 5. The van der Waals surface area contributed by atoms with E-state index in [1.807, 2.05) is 4.90 Å². The number of carbonyl (C=O) groups excluding carboxylic acids is 2. The van der Waals surface area contributed by atoms with Crippen molar-refractivity contribution >= 4 is 21.8 Å². The number of sulfonamides is 1. The Morgan fingerprint density at radius 3 is 2.24 bits per heavy atom. The first kappa shape index (κ1) is 25.1. The highest BCUT2D eigenvalue weighted by Gasteiger charge is 2.26. The smallest absolute Gasteiger partial charge is 0.253 e. The van der Waals surface area contributed by atoms with Gasteiger partial charge in [-0.1, -0.05) is 32.1 Å². The van der Waals surface area contributed by atoms with Crippen LogP contribution in [0.2, 0.25) is 0 Å². The molecule has 188 valence electrons. The van der Waals surface area contributed by atoms with Crippen LogP contribution in [-0.2, 0) is 19.6 Å². The van der Waals surface area contributed by atoms with Gasteiger partial charge in [0, 0.05) is 51.3 Å². The molecule has 2 amide bonds. The summed E-state index contributed by atoms with van der Waals surface area (Å²) < 4.78 is 33.1. The Kier molecular flexibility index (Phi) is 8.60. The molecule has 0 bridgehead atoms. The summed E-state index contributed by atoms with van der Waals surface area (Å²) in [5.41, 5.74) is 0.454. The summed E-state index contributed by atoms with van der Waals surface area (Å²) in [6.07, 6.45) is 9.73. The Hall–Kier alpha value is -1.97. The molecular formula is C25H37N3O5S. The molecule has 0 radical (unpaired) electrons. The maximum absolute atomic E-state index is 12.9. The highest BCUT2D eigenvalue weighted by Crippen LogP contribution is 2.27. The molecular weight excluding hydrogens is 454 g/mol. The topological polar surface area (TPSA) is 96.0 Å². The Bertz CT molecular complexity index is 930. The fourth-order valence-electron chi connectivity index (χ4n) is 5.17. The van der Waals surface area contributed by atoms with Gasteiger partial charge in [0.2, 0.25) is 15.9 Å². The van der Waals surface area contributed by atoms with Crippen LogP contribution in [0.25, 0.3) is 0 Å². The predicted octanol–water partition coefficient (Wildman–Crippen LogP) is 2.79. The molecule has 3 fully saturated rings. The third-order valence-corrected chi connectivity index (χ3v) is 8.79. The fourth-order valence-corrected chi connectivity index (χ4v) is 6.24. The maximum Gasteiger partial charge on any atom is 0.253 e. The Morgan fingerprint density at radius 1 is 0.912 bits per heavy atom. The molecule has 0 spiro atoms. The SMILES string of the molecule is O=C(CCC1CCCCC1)N1CCN(C(=O)c2ccc(S(=O)(=O)NCC3CCCO3)cc2)CC1. The minimum absolute atomic E-state index is 0.0755. The fraction of sp³-hybridized carbons (Fsp3) is 0.680. The minimum atomic E-state index is -3.64. The van der Waals surface area contributed by atoms with Crippen molar-refractivity contribution in [2.45, 2.75) is 68.8 Å². The summed E-state index contributed by atoms with van der Waals surface area (Å²) in [5.74, 6) is 0.756. The van der Waals surface area contributed by atoms with Crippen molar-refractivity contribution < 1.29 is 22.7 Å². The lowest BCUT2D eigenvalue weighted by atomic mass is 9.86. The zero-order chi connectivity index (χ0) is 24.0. The second-order valence-corrected chi connectivity index (χ2v) is 11.5. The van der Waals surface area contributed by atoms with E-state index >= 15 is 0 Å². The van der Waals surface area contributed by atoms with Gasteiger partial charge in [-0.05, 0) is 49.4 Å². The molecule has 1 aromatic carbocycles. The van der Waals surface area contributed by atoms with Gasteiger partial charge in [-0.3, -0.25) is 9.59 Å². The van der Waals surface area contributed by atoms with Crippen molar-refractivity contribution in [3.05, 3.63) is 29.8 Å². The second-order valence-electron chi connectivity index (χ2n) is 9.73. The van der Waals surface area contributed by atoms with Crippen LogP contribution in [-0.4, -0.2) is 75.5 Å². The molecule has 34 heavy (non-hydrogen) atoms. The lowest BCUT2D eigenvalue weighted by Crippen LogP contribution is -2.50. The van der Waals surface area contributed by atoms with Crippen molar-refractivity contribution in [3.63, 3.8) is 0 Å². The Balaban J connectivity index is 1.23. The van der Waals surface area contributed by atoms with Crippen LogP contribution in [0, 0.1) is 5.92 Å². The van der Waals surface area contributed by atoms with Crippen LogP contribution in [0.3, 0.4) is 0 Å². The van der Waals surface area contributed by atoms with Crippen LogP contribution in [0.4, 0.5) is 0 Å². The Labute approximate surface area is 203 Å². The zero-order valence-corrected chi connectivity index (χ0v) is 20.7. The van der Waals surface area contributed by atoms with E-state index in [2.05, 4.69) is 4.72 Å². The van der Waals surface area contributed by atoms with Crippen LogP contribution < -0.4 is 4.72 Å². The van der Waals surface area contributed by atoms with E-state index in [0.717, 1.165) is 19.3 Å². The number of amides is 2. The second kappa shape index (κ2) is 11.6. The highest BCUT2D eigenvalue weighted by atomic mass is 32.2. The third kappa shape index (κ3) is 6.58. The molecule has 9 heteroatoms. The molecule has 0 aromatic heterocycles. The summed E-state index contributed by atoms with van der Waals surface area (Å²) in [6, 6.07) is 6.06. The largest absolute Gasteiger partial charge is 0.377 e. The summed E-state index contributed by atoms with van der Waals surface area (Å²) >= 11 is 0. The van der Waals surface area contributed by atoms with E-state index in [0.29, 0.717) is 50.7 Å². The first-order valence-corrected chi connectivity index (χ1v) is 14.2. The normalized spacial score (nSPS) is 22.2. The van der Waals surface area contributed by atoms with Gasteiger partial charge in [-0.25, -0.2) is 13.1 Å². The molecule has 2 heterocycles. The highest BCUT2D eigenvalue weighted by molar-refractivity contribution is 7.89. The van der Waals surface area contributed by atoms with Crippen LogP contribution in [0.15, 0.2) is 29.2 Å². The average Bonchev–Trinajstić information content (AvgIpc) is 3.40. The van der Waals surface area contributed by atoms with Crippen LogP contribution >= 0.6 is 0 Å². The molecule has 1 unspecified atom stereocenters. The van der Waals surface area contributed by atoms with Gasteiger partial charge in [-0.15, -0.1) is 0 Å². The van der Waals surface area contributed by atoms with Crippen molar-refractivity contribution in [2.75, 3.05) is 39.3 Å². The molecule has 1 atom stereocenters. The van der Waals surface area contributed by atoms with Gasteiger partial charge in [0.05, 0.1) is 11.0 Å². The zero-order valence-electron chi connectivity index (χ0n) is 19.9. The molecule has 4 rings (SSSR count). The molecule has 1 saturated carbocycles. The standard InChI is InChI=1S/C25H37N3O5S/c29-24(13-8-20-5-2-1-3-6-20)27-14-16-28(17-15-27)25(30)21-9-11-23(12-10-21)34(31,32)26-19-22-7-4-18-33-22/h9-12,20,22,26H,1-8,13-19H2. The number of piperazine rings is 1. The number of carbonyl (C=O) groups is 2. The Morgan fingerprint density at radius 2 is 1.59 bits per heavy atom. The van der Waals surface area contributed by atoms with Crippen molar-refractivity contribution in [1.82, 2.24) is 14.5 Å². The van der Waals surface area contributed by atoms with Crippen molar-refractivity contribution in [2.24, 2.45) is 5.92 Å². The van der Waals surface area contributed by atoms with E-state index in [1.54, 1.807) is 17.0 Å². The molecule has 3 aliphatic rings. The quantitative estimate of drug-likeness (QED) is 0.603. The number of nitrogens with one attached hydrogen (secondary N) is 1. The van der Waals surface area contributed by atoms with Gasteiger partial charge in [0.15, 0.2) is 0 Å². The summed E-state index contributed by atoms with van der Waals surface area (Å²) in [4.78, 5) is 29.3. The number of benzene rings is 1. The molecule has 2 saturated heterocycles. The minimum Gasteiger partial charge on any atom is -0.377 e. The van der Waals surface area contributed by atoms with E-state index in [-0.39, 0.29) is 29.4 Å². The van der Waals surface area contributed by atoms with E-state index in [4.69, 9.17) is 4.74 Å². The predicted molar refractivity (Wildman–Crippen MR) is 129 cm³/mol. The first-order valence-electron chi connectivity index (χ1n) is 12.7. The van der Waals surface area contributed by atoms with Gasteiger partial charge in [-0.2, -0.15) is 0 Å². The maximum atomic E-state index is 12.9. The molecule has 8 nitrogen and oxygen atoms in total. The average molecular weight is 492 g/mol. The molecule has 2 aliphatic heterocycles. The summed E-state index contributed by atoms with van der Waals surface area (Å²) in [6.45, 7) is 3.02. The monoisotopic (exact) mass is 491 g/mol. The number of rotatable bonds is 8. The van der Waals surface area contributed by atoms with Gasteiger partial charge in [0.1, 0.15) is 0 Å². The third-order valence-electron chi connectivity index (χ3n) is 7.35. The van der Waals surface area contributed by atoms with Gasteiger partial charge in [0.25, 0.3) is 5.91 Å². The van der Waals surface area contributed by atoms with Crippen LogP contribution in [0.1, 0.15) is 68.1 Å². The van der Waals surface area contributed by atoms with Crippen LogP contribution in [0.5, 0.6) is 0 Å². The van der Waals surface area contributed by atoms with E-state index in [9.17, 15) is 18.0 Å². The lowest BCUT2D eigenvalue weighted by Gasteiger charge is -2.35. The number of nitrogens with zero attached hydrogens (tertiary/aromatic N) is 2. The van der Waals surface area contributed by atoms with Crippen molar-refractivity contribution in [3.8, 4) is 0 Å². The van der Waals surface area contributed by atoms with Gasteiger partial charge >= 0.3 is 0 Å². The van der Waals surface area contributed by atoms with E-state index in [1.165, 1.54) is 44.2 Å². The number of ether oxygens (including phenoxy) is 1. The van der Waals surface area contributed by atoms with E-state index < -0.39 is 10.0 Å². The summed E-state index contributed by atoms with van der Waals surface area (Å²) in [7, 11) is -3.64. The number of hydrogen-bond donors (Lipinski definition) is 1. The molecule has 1 N–H and O–H groups in total.